The van der Waals surface area contributed by atoms with Gasteiger partial charge in [0.2, 0.25) is 5.78 Å². The Morgan fingerprint density at radius 1 is 1.05 bits per heavy atom. The highest BCUT2D eigenvalue weighted by Crippen LogP contribution is 2.34. The molecule has 0 amide bonds. The number of hydrogen-bond acceptors (Lipinski definition) is 3. The van der Waals surface area contributed by atoms with Crippen molar-refractivity contribution in [2.24, 2.45) is 0 Å². The topological polar surface area (TPSA) is 46.5 Å². The monoisotopic (exact) mass is 266 g/mol. The minimum Gasteiger partial charge on any atom is -0.508 e. The van der Waals surface area contributed by atoms with Crippen LogP contribution in [0.2, 0.25) is 0 Å². The minimum atomic E-state index is -0.101. The van der Waals surface area contributed by atoms with Crippen LogP contribution in [0.1, 0.15) is 27.0 Å². The van der Waals surface area contributed by atoms with Crippen LogP contribution in [-0.4, -0.2) is 10.9 Å². The summed E-state index contributed by atoms with van der Waals surface area (Å²) in [6.07, 6.45) is 1.69. The smallest absolute Gasteiger partial charge is 0.231 e. The first-order chi connectivity index (χ1) is 9.54. The highest BCUT2D eigenvalue weighted by molar-refractivity contribution is 6.14. The summed E-state index contributed by atoms with van der Waals surface area (Å²) in [4.78, 5) is 12.3. The lowest BCUT2D eigenvalue weighted by Gasteiger charge is -2.02. The highest BCUT2D eigenvalue weighted by atomic mass is 16.5. The summed E-state index contributed by atoms with van der Waals surface area (Å²) in [5, 5.41) is 9.25. The van der Waals surface area contributed by atoms with Gasteiger partial charge in [-0.1, -0.05) is 12.1 Å². The third-order valence-corrected chi connectivity index (χ3v) is 3.48. The van der Waals surface area contributed by atoms with Crippen molar-refractivity contribution in [2.45, 2.75) is 13.8 Å². The van der Waals surface area contributed by atoms with E-state index in [9.17, 15) is 9.90 Å². The van der Waals surface area contributed by atoms with Gasteiger partial charge in [-0.25, -0.2) is 0 Å². The van der Waals surface area contributed by atoms with Crippen molar-refractivity contribution in [1.29, 1.82) is 0 Å². The van der Waals surface area contributed by atoms with E-state index in [4.69, 9.17) is 4.74 Å². The molecule has 2 aromatic rings. The van der Waals surface area contributed by atoms with Crippen LogP contribution in [0.15, 0.2) is 42.2 Å². The molecule has 20 heavy (non-hydrogen) atoms. The van der Waals surface area contributed by atoms with Gasteiger partial charge in [-0.15, -0.1) is 0 Å². The zero-order valence-electron chi connectivity index (χ0n) is 11.3. The second kappa shape index (κ2) is 4.53. The summed E-state index contributed by atoms with van der Waals surface area (Å²) in [5.41, 5.74) is 3.60. The zero-order chi connectivity index (χ0) is 14.3. The van der Waals surface area contributed by atoms with Gasteiger partial charge < -0.3 is 9.84 Å². The maximum absolute atomic E-state index is 12.3. The summed E-state index contributed by atoms with van der Waals surface area (Å²) in [7, 11) is 0. The maximum Gasteiger partial charge on any atom is 0.231 e. The summed E-state index contributed by atoms with van der Waals surface area (Å²) >= 11 is 0. The van der Waals surface area contributed by atoms with Crippen LogP contribution >= 0.6 is 0 Å². The van der Waals surface area contributed by atoms with E-state index in [0.29, 0.717) is 17.1 Å². The lowest BCUT2D eigenvalue weighted by atomic mass is 10.0. The normalized spacial score (nSPS) is 15.3. The average molecular weight is 266 g/mol. The number of phenols is 1. The van der Waals surface area contributed by atoms with Crippen molar-refractivity contribution in [3.05, 3.63) is 64.4 Å². The molecule has 0 saturated heterocycles. The van der Waals surface area contributed by atoms with Crippen molar-refractivity contribution < 1.29 is 14.6 Å². The zero-order valence-corrected chi connectivity index (χ0v) is 11.3. The molecule has 3 rings (SSSR count). The lowest BCUT2D eigenvalue weighted by Crippen LogP contribution is -1.98. The number of fused-ring (bicyclic) bond motifs is 1. The van der Waals surface area contributed by atoms with Crippen LogP contribution in [0.5, 0.6) is 11.5 Å². The van der Waals surface area contributed by atoms with E-state index in [2.05, 4.69) is 0 Å². The Bertz CT molecular complexity index is 725. The highest BCUT2D eigenvalue weighted by Gasteiger charge is 2.27. The maximum atomic E-state index is 12.3. The average Bonchev–Trinajstić information content (AvgIpc) is 2.70. The molecule has 3 heteroatoms. The second-order valence-electron chi connectivity index (χ2n) is 4.96. The number of carbonyl (C=O) groups is 1. The van der Waals surface area contributed by atoms with E-state index < -0.39 is 0 Å². The number of aromatic hydroxyl groups is 1. The first-order valence-electron chi connectivity index (χ1n) is 6.39. The van der Waals surface area contributed by atoms with Crippen molar-refractivity contribution in [3.63, 3.8) is 0 Å². The number of rotatable bonds is 1. The van der Waals surface area contributed by atoms with Gasteiger partial charge in [0.25, 0.3) is 0 Å². The fourth-order valence-corrected chi connectivity index (χ4v) is 2.17. The second-order valence-corrected chi connectivity index (χ2v) is 4.96. The van der Waals surface area contributed by atoms with E-state index in [1.807, 2.05) is 26.0 Å². The van der Waals surface area contributed by atoms with Crippen LogP contribution in [0.3, 0.4) is 0 Å². The molecule has 0 aromatic heterocycles. The number of ketones is 1. The Balaban J connectivity index is 1.99. The summed E-state index contributed by atoms with van der Waals surface area (Å²) < 4.78 is 5.64. The quantitative estimate of drug-likeness (QED) is 0.802. The van der Waals surface area contributed by atoms with Crippen LogP contribution < -0.4 is 4.74 Å². The molecular weight excluding hydrogens is 252 g/mol. The molecule has 1 heterocycles. The molecule has 0 atom stereocenters. The van der Waals surface area contributed by atoms with Gasteiger partial charge in [-0.3, -0.25) is 4.79 Å². The van der Waals surface area contributed by atoms with Crippen LogP contribution in [0, 0.1) is 13.8 Å². The van der Waals surface area contributed by atoms with Crippen molar-refractivity contribution in [3.8, 4) is 11.5 Å². The van der Waals surface area contributed by atoms with Gasteiger partial charge >= 0.3 is 0 Å². The van der Waals surface area contributed by atoms with Crippen molar-refractivity contribution in [2.75, 3.05) is 0 Å². The molecule has 1 aliphatic rings. The number of allylic oxidation sites excluding steroid dienone is 1. The third kappa shape index (κ3) is 2.07. The van der Waals surface area contributed by atoms with Gasteiger partial charge in [0.15, 0.2) is 5.76 Å². The van der Waals surface area contributed by atoms with E-state index in [1.54, 1.807) is 30.3 Å². The Morgan fingerprint density at radius 2 is 1.70 bits per heavy atom. The molecule has 0 radical (unpaired) electrons. The van der Waals surface area contributed by atoms with Crippen molar-refractivity contribution in [1.82, 2.24) is 0 Å². The number of phenolic OH excluding ortho intramolecular Hbond substituents is 1. The molecule has 1 N–H and O–H groups in total. The fourth-order valence-electron chi connectivity index (χ4n) is 2.17. The molecule has 0 unspecified atom stereocenters. The van der Waals surface area contributed by atoms with Gasteiger partial charge in [0, 0.05) is 0 Å². The molecule has 0 spiro atoms. The van der Waals surface area contributed by atoms with Gasteiger partial charge in [-0.05, 0) is 60.9 Å². The number of aryl methyl sites for hydroxylation is 2. The molecule has 0 aliphatic carbocycles. The molecule has 3 nitrogen and oxygen atoms in total. The minimum absolute atomic E-state index is 0.101. The van der Waals surface area contributed by atoms with E-state index in [1.165, 1.54) is 0 Å². The molecule has 1 aliphatic heterocycles. The third-order valence-electron chi connectivity index (χ3n) is 3.48. The van der Waals surface area contributed by atoms with Crippen LogP contribution in [0.25, 0.3) is 6.08 Å². The number of carbonyl (C=O) groups excluding carboxylic acids is 1. The Kier molecular flexibility index (Phi) is 2.83. The predicted molar refractivity (Wildman–Crippen MR) is 77.0 cm³/mol. The van der Waals surface area contributed by atoms with E-state index in [0.717, 1.165) is 16.7 Å². The van der Waals surface area contributed by atoms with Crippen molar-refractivity contribution >= 4 is 11.9 Å². The largest absolute Gasteiger partial charge is 0.508 e. The molecule has 0 bridgehead atoms. The number of benzene rings is 2. The fraction of sp³-hybridized carbons (Fsp3) is 0.118. The van der Waals surface area contributed by atoms with Crippen LogP contribution in [-0.2, 0) is 0 Å². The van der Waals surface area contributed by atoms with E-state index in [-0.39, 0.29) is 11.5 Å². The van der Waals surface area contributed by atoms with Gasteiger partial charge in [-0.2, -0.15) is 0 Å². The standard InChI is InChI=1S/C17H14O3/c1-10-7-14-15(8-11(10)2)20-16(17(14)19)9-12-3-5-13(18)6-4-12/h3-9,18H,1-2H3/b16-9-. The van der Waals surface area contributed by atoms with Crippen LogP contribution in [0.4, 0.5) is 0 Å². The molecule has 0 fully saturated rings. The van der Waals surface area contributed by atoms with Gasteiger partial charge in [0.1, 0.15) is 11.5 Å². The molecule has 100 valence electrons. The van der Waals surface area contributed by atoms with Gasteiger partial charge in [0.05, 0.1) is 5.56 Å². The lowest BCUT2D eigenvalue weighted by molar-refractivity contribution is 0.101. The molecular formula is C17H14O3. The van der Waals surface area contributed by atoms with E-state index >= 15 is 0 Å². The number of ether oxygens (including phenoxy) is 1. The number of hydrogen-bond donors (Lipinski definition) is 1. The molecule has 0 saturated carbocycles. The summed E-state index contributed by atoms with van der Waals surface area (Å²) in [6, 6.07) is 10.4. The Hall–Kier alpha value is -2.55. The Labute approximate surface area is 117 Å². The summed E-state index contributed by atoms with van der Waals surface area (Å²) in [5.74, 6) is 1.02. The first kappa shape index (κ1) is 12.5. The first-order valence-corrected chi connectivity index (χ1v) is 6.39. The SMILES string of the molecule is Cc1cc2c(cc1C)C(=O)/C(=C/c1ccc(O)cc1)O2. The summed E-state index contributed by atoms with van der Waals surface area (Å²) in [6.45, 7) is 3.97. The Morgan fingerprint density at radius 3 is 2.40 bits per heavy atom. The predicted octanol–water partition coefficient (Wildman–Crippen LogP) is 3.63. The molecule has 2 aromatic carbocycles. The number of Topliss-reactive ketones (excluding diaryl/α,β-unsaturated/α-hetero) is 1.